The van der Waals surface area contributed by atoms with Gasteiger partial charge in [0.2, 0.25) is 0 Å². The van der Waals surface area contributed by atoms with Crippen LogP contribution in [0.1, 0.15) is 47.7 Å². The molecule has 3 aromatic heterocycles. The molecule has 1 saturated heterocycles. The number of aryl methyl sites for hydroxylation is 1. The Balaban J connectivity index is 1.38. The highest BCUT2D eigenvalue weighted by molar-refractivity contribution is 5.93. The van der Waals surface area contributed by atoms with Gasteiger partial charge < -0.3 is 9.80 Å². The van der Waals surface area contributed by atoms with Gasteiger partial charge in [-0.3, -0.25) is 9.48 Å². The van der Waals surface area contributed by atoms with Crippen LogP contribution in [0.25, 0.3) is 5.52 Å². The van der Waals surface area contributed by atoms with Crippen LogP contribution in [0.3, 0.4) is 0 Å². The lowest BCUT2D eigenvalue weighted by Gasteiger charge is -2.38. The lowest BCUT2D eigenvalue weighted by Crippen LogP contribution is -2.49. The van der Waals surface area contributed by atoms with Gasteiger partial charge in [-0.2, -0.15) is 10.2 Å². The highest BCUT2D eigenvalue weighted by Gasteiger charge is 2.30. The van der Waals surface area contributed by atoms with Crippen LogP contribution in [0.2, 0.25) is 0 Å². The van der Waals surface area contributed by atoms with Crippen LogP contribution in [0.4, 0.5) is 5.82 Å². The Labute approximate surface area is 163 Å². The third-order valence-corrected chi connectivity index (χ3v) is 5.90. The summed E-state index contributed by atoms with van der Waals surface area (Å²) in [7, 11) is 3.72. The molecule has 8 heteroatoms. The summed E-state index contributed by atoms with van der Waals surface area (Å²) in [4.78, 5) is 21.7. The molecule has 2 fully saturated rings. The summed E-state index contributed by atoms with van der Waals surface area (Å²) < 4.78 is 3.61. The molecule has 0 bridgehead atoms. The predicted molar refractivity (Wildman–Crippen MR) is 105 cm³/mol. The fourth-order valence-corrected chi connectivity index (χ4v) is 4.11. The minimum atomic E-state index is 0.0199. The summed E-state index contributed by atoms with van der Waals surface area (Å²) in [6.45, 7) is 1.72. The Bertz CT molecular complexity index is 1020. The van der Waals surface area contributed by atoms with Crippen molar-refractivity contribution in [2.24, 2.45) is 7.05 Å². The molecule has 3 aromatic rings. The quantitative estimate of drug-likeness (QED) is 0.694. The molecule has 0 N–H and O–H groups in total. The van der Waals surface area contributed by atoms with Crippen molar-refractivity contribution in [3.8, 4) is 0 Å². The Morgan fingerprint density at radius 1 is 1.29 bits per heavy atom. The zero-order valence-electron chi connectivity index (χ0n) is 16.3. The maximum absolute atomic E-state index is 12.8. The number of anilines is 1. The van der Waals surface area contributed by atoms with E-state index in [1.807, 2.05) is 35.9 Å². The Hall–Kier alpha value is -2.90. The zero-order valence-corrected chi connectivity index (χ0v) is 16.3. The van der Waals surface area contributed by atoms with Gasteiger partial charge in [0, 0.05) is 57.7 Å². The van der Waals surface area contributed by atoms with Crippen LogP contribution in [-0.2, 0) is 7.05 Å². The first-order chi connectivity index (χ1) is 13.6. The van der Waals surface area contributed by atoms with Gasteiger partial charge in [-0.25, -0.2) is 9.50 Å². The molecule has 1 saturated carbocycles. The van der Waals surface area contributed by atoms with Crippen molar-refractivity contribution in [2.45, 2.75) is 37.6 Å². The molecule has 1 aliphatic carbocycles. The van der Waals surface area contributed by atoms with Crippen LogP contribution >= 0.6 is 0 Å². The molecule has 8 nitrogen and oxygen atoms in total. The average Bonchev–Trinajstić information content (AvgIpc) is 3.33. The molecular weight excluding hydrogens is 354 g/mol. The smallest absolute Gasteiger partial charge is 0.257 e. The summed E-state index contributed by atoms with van der Waals surface area (Å²) in [6, 6.07) is 2.34. The summed E-state index contributed by atoms with van der Waals surface area (Å²) >= 11 is 0. The van der Waals surface area contributed by atoms with Crippen molar-refractivity contribution in [1.29, 1.82) is 0 Å². The highest BCUT2D eigenvalue weighted by Crippen LogP contribution is 2.40. The molecule has 0 aromatic carbocycles. The zero-order chi connectivity index (χ0) is 19.3. The largest absolute Gasteiger partial charge is 0.353 e. The molecule has 1 unspecified atom stereocenters. The first-order valence-corrected chi connectivity index (χ1v) is 9.95. The molecule has 1 atom stereocenters. The van der Waals surface area contributed by atoms with Crippen molar-refractivity contribution < 1.29 is 4.79 Å². The SMILES string of the molecule is CN(C(=O)c1cnn(C)c1)C1CCCN(c2nccn3nc(C4CC4)cc23)C1. The van der Waals surface area contributed by atoms with Gasteiger partial charge in [-0.15, -0.1) is 0 Å². The second kappa shape index (κ2) is 6.61. The van der Waals surface area contributed by atoms with E-state index < -0.39 is 0 Å². The standard InChI is InChI=1S/C20H25N7O/c1-24-12-15(11-22-24)20(28)25(2)16-4-3-8-26(13-16)19-18-10-17(14-5-6-14)23-27(18)9-7-21-19/h7,9-12,14,16H,3-6,8,13H2,1-2H3. The van der Waals surface area contributed by atoms with Crippen molar-refractivity contribution in [3.63, 3.8) is 0 Å². The number of hydrogen-bond donors (Lipinski definition) is 0. The number of rotatable bonds is 4. The number of amides is 1. The van der Waals surface area contributed by atoms with Crippen LogP contribution in [0.5, 0.6) is 0 Å². The topological polar surface area (TPSA) is 71.6 Å². The fourth-order valence-electron chi connectivity index (χ4n) is 4.11. The van der Waals surface area contributed by atoms with Crippen molar-refractivity contribution in [2.75, 3.05) is 25.0 Å². The fraction of sp³-hybridized carbons (Fsp3) is 0.500. The van der Waals surface area contributed by atoms with Crippen LogP contribution in [-0.4, -0.2) is 61.4 Å². The van der Waals surface area contributed by atoms with E-state index in [1.165, 1.54) is 18.5 Å². The van der Waals surface area contributed by atoms with Gasteiger partial charge in [0.1, 0.15) is 5.52 Å². The number of hydrogen-bond acceptors (Lipinski definition) is 5. The van der Waals surface area contributed by atoms with Gasteiger partial charge in [0.15, 0.2) is 5.82 Å². The molecule has 1 aliphatic heterocycles. The van der Waals surface area contributed by atoms with Gasteiger partial charge in [0.05, 0.1) is 17.5 Å². The lowest BCUT2D eigenvalue weighted by molar-refractivity contribution is 0.0717. The molecule has 4 heterocycles. The highest BCUT2D eigenvalue weighted by atomic mass is 16.2. The molecule has 28 heavy (non-hydrogen) atoms. The molecule has 146 valence electrons. The van der Waals surface area contributed by atoms with E-state index in [-0.39, 0.29) is 11.9 Å². The number of likely N-dealkylation sites (N-methyl/N-ethyl adjacent to an activating group) is 1. The van der Waals surface area contributed by atoms with E-state index in [0.717, 1.165) is 37.3 Å². The number of carbonyl (C=O) groups is 1. The van der Waals surface area contributed by atoms with Gasteiger partial charge >= 0.3 is 0 Å². The van der Waals surface area contributed by atoms with Crippen molar-refractivity contribution in [3.05, 3.63) is 42.1 Å². The minimum absolute atomic E-state index is 0.0199. The van der Waals surface area contributed by atoms with E-state index in [2.05, 4.69) is 21.0 Å². The third-order valence-electron chi connectivity index (χ3n) is 5.90. The number of carbonyl (C=O) groups excluding carboxylic acids is 1. The van der Waals surface area contributed by atoms with E-state index >= 15 is 0 Å². The first-order valence-electron chi connectivity index (χ1n) is 9.95. The molecule has 0 spiro atoms. The normalized spacial score (nSPS) is 19.9. The summed E-state index contributed by atoms with van der Waals surface area (Å²) in [5.74, 6) is 1.60. The molecular formula is C20H25N7O. The van der Waals surface area contributed by atoms with Crippen LogP contribution < -0.4 is 4.90 Å². The second-order valence-corrected chi connectivity index (χ2v) is 7.98. The lowest BCUT2D eigenvalue weighted by atomic mass is 10.0. The van der Waals surface area contributed by atoms with Crippen LogP contribution in [0.15, 0.2) is 30.9 Å². The van der Waals surface area contributed by atoms with Gasteiger partial charge in [-0.05, 0) is 31.7 Å². The summed E-state index contributed by atoms with van der Waals surface area (Å²) in [5, 5.41) is 8.85. The summed E-state index contributed by atoms with van der Waals surface area (Å²) in [5.41, 5.74) is 2.87. The molecule has 0 radical (unpaired) electrons. The monoisotopic (exact) mass is 379 g/mol. The predicted octanol–water partition coefficient (Wildman–Crippen LogP) is 2.08. The first kappa shape index (κ1) is 17.2. The average molecular weight is 379 g/mol. The number of aromatic nitrogens is 5. The number of fused-ring (bicyclic) bond motifs is 1. The van der Waals surface area contributed by atoms with E-state index in [9.17, 15) is 4.79 Å². The Morgan fingerprint density at radius 3 is 2.89 bits per heavy atom. The second-order valence-electron chi connectivity index (χ2n) is 7.98. The Morgan fingerprint density at radius 2 is 2.14 bits per heavy atom. The third kappa shape index (κ3) is 3.02. The maximum atomic E-state index is 12.8. The van der Waals surface area contributed by atoms with Crippen LogP contribution in [0, 0.1) is 0 Å². The molecule has 2 aliphatic rings. The number of nitrogens with zero attached hydrogens (tertiary/aromatic N) is 7. The Kier molecular flexibility index (Phi) is 4.07. The maximum Gasteiger partial charge on any atom is 0.257 e. The van der Waals surface area contributed by atoms with E-state index in [0.29, 0.717) is 11.5 Å². The molecule has 1 amide bonds. The minimum Gasteiger partial charge on any atom is -0.353 e. The van der Waals surface area contributed by atoms with Crippen molar-refractivity contribution >= 4 is 17.2 Å². The number of piperidine rings is 1. The van der Waals surface area contributed by atoms with Gasteiger partial charge in [0.25, 0.3) is 5.91 Å². The van der Waals surface area contributed by atoms with E-state index in [1.54, 1.807) is 17.1 Å². The summed E-state index contributed by atoms with van der Waals surface area (Å²) in [6.07, 6.45) is 11.6. The van der Waals surface area contributed by atoms with Crippen molar-refractivity contribution in [1.82, 2.24) is 29.3 Å². The van der Waals surface area contributed by atoms with E-state index in [4.69, 9.17) is 5.10 Å². The van der Waals surface area contributed by atoms with Gasteiger partial charge in [-0.1, -0.05) is 0 Å². The molecule has 5 rings (SSSR count).